The summed E-state index contributed by atoms with van der Waals surface area (Å²) in [5, 5.41) is 12.4. The van der Waals surface area contributed by atoms with E-state index in [2.05, 4.69) is 403 Å². The fourth-order valence-electron chi connectivity index (χ4n) is 17.2. The molecule has 2 aliphatic rings. The van der Waals surface area contributed by atoms with Crippen LogP contribution >= 0.6 is 0 Å². The molecule has 0 aliphatic carbocycles. The number of aromatic nitrogens is 7. The van der Waals surface area contributed by atoms with Crippen molar-refractivity contribution in [3.05, 3.63) is 400 Å². The van der Waals surface area contributed by atoms with E-state index >= 15 is 0 Å². The molecule has 18 aromatic rings. The topological polar surface area (TPSA) is 88.8 Å². The maximum Gasteiger partial charge on any atom is 0.252 e. The van der Waals surface area contributed by atoms with E-state index < -0.39 is 16.1 Å². The number of anilines is 6. The summed E-state index contributed by atoms with van der Waals surface area (Å²) >= 11 is 0. The van der Waals surface area contributed by atoms with E-state index in [0.717, 1.165) is 88.9 Å². The van der Waals surface area contributed by atoms with Crippen molar-refractivity contribution in [2.75, 3.05) is 9.80 Å². The normalized spacial score (nSPS) is 12.4. The molecule has 0 unspecified atom stereocenters. The van der Waals surface area contributed by atoms with Gasteiger partial charge < -0.3 is 4.57 Å². The van der Waals surface area contributed by atoms with Crippen molar-refractivity contribution < 1.29 is 0 Å². The summed E-state index contributed by atoms with van der Waals surface area (Å²) in [4.78, 5) is 38.8. The number of hydrogen-bond acceptors (Lipinski definition) is 8. The van der Waals surface area contributed by atoms with Crippen LogP contribution < -0.4 is 67.7 Å². The second-order valence-corrected chi connectivity index (χ2v) is 35.3. The molecule has 20 rings (SSSR count). The first-order valence-electron chi connectivity index (χ1n) is 36.7. The molecule has 0 atom stereocenters. The quantitative estimate of drug-likeness (QED) is 0.0741. The lowest BCUT2D eigenvalue weighted by molar-refractivity contribution is 1.01. The third-order valence-corrected chi connectivity index (χ3v) is 31.3. The van der Waals surface area contributed by atoms with Gasteiger partial charge in [-0.15, -0.1) is 0 Å². The maximum absolute atomic E-state index is 5.85. The van der Waals surface area contributed by atoms with Gasteiger partial charge in [-0.2, -0.15) is 19.9 Å². The molecule has 506 valence electrons. The highest BCUT2D eigenvalue weighted by molar-refractivity contribution is 7.20. The van der Waals surface area contributed by atoms with Crippen LogP contribution in [0.25, 0.3) is 73.0 Å². The molecular weight excluding hydrogens is 1350 g/mol. The molecule has 5 heterocycles. The molecule has 0 spiro atoms. The predicted octanol–water partition coefficient (Wildman–Crippen LogP) is 14.7. The molecule has 0 saturated carbocycles. The van der Waals surface area contributed by atoms with Crippen molar-refractivity contribution >= 4 is 137 Å². The van der Waals surface area contributed by atoms with Crippen molar-refractivity contribution in [1.29, 1.82) is 0 Å². The highest BCUT2D eigenvalue weighted by Gasteiger charge is 2.47. The molecule has 0 N–H and O–H groups in total. The van der Waals surface area contributed by atoms with Gasteiger partial charge >= 0.3 is 0 Å². The van der Waals surface area contributed by atoms with E-state index in [1.807, 2.05) is 12.1 Å². The van der Waals surface area contributed by atoms with Crippen molar-refractivity contribution in [1.82, 2.24) is 34.5 Å². The minimum absolute atomic E-state index is 0.278. The minimum Gasteiger partial charge on any atom is -0.309 e. The van der Waals surface area contributed by atoms with Gasteiger partial charge in [0.05, 0.1) is 16.7 Å². The molecule has 0 bridgehead atoms. The van der Waals surface area contributed by atoms with Crippen LogP contribution in [0.1, 0.15) is 0 Å². The van der Waals surface area contributed by atoms with Gasteiger partial charge in [0.15, 0.2) is 39.4 Å². The van der Waals surface area contributed by atoms with Gasteiger partial charge in [0.2, 0.25) is 11.9 Å². The Morgan fingerprint density at radius 3 is 0.852 bits per heavy atom. The van der Waals surface area contributed by atoms with E-state index in [1.54, 1.807) is 0 Å². The number of benzene rings is 15. The van der Waals surface area contributed by atoms with Crippen LogP contribution in [0.4, 0.5) is 34.6 Å². The number of rotatable bonds is 15. The van der Waals surface area contributed by atoms with E-state index in [1.165, 1.54) is 41.5 Å². The molecule has 15 aromatic carbocycles. The third-order valence-electron chi connectivity index (χ3n) is 21.8. The van der Waals surface area contributed by atoms with Crippen LogP contribution in [0.2, 0.25) is 0 Å². The first-order valence-corrected chi connectivity index (χ1v) is 40.7. The zero-order valence-corrected chi connectivity index (χ0v) is 60.7. The Kier molecular flexibility index (Phi) is 15.8. The van der Waals surface area contributed by atoms with Crippen molar-refractivity contribution in [3.8, 4) is 51.2 Å². The Labute approximate surface area is 628 Å². The molecule has 0 radical (unpaired) electrons. The summed E-state index contributed by atoms with van der Waals surface area (Å²) in [6.45, 7) is -0.278. The van der Waals surface area contributed by atoms with Gasteiger partial charge in [0.25, 0.3) is 6.71 Å². The zero-order chi connectivity index (χ0) is 71.5. The van der Waals surface area contributed by atoms with E-state index in [9.17, 15) is 0 Å². The smallest absolute Gasteiger partial charge is 0.252 e. The average molecular weight is 1410 g/mol. The van der Waals surface area contributed by atoms with Gasteiger partial charge in [0, 0.05) is 55.8 Å². The van der Waals surface area contributed by atoms with Crippen LogP contribution in [0.3, 0.4) is 0 Å². The predicted molar refractivity (Wildman–Crippen MR) is 451 cm³/mol. The molecule has 0 fully saturated rings. The van der Waals surface area contributed by atoms with Crippen LogP contribution in [-0.4, -0.2) is 57.3 Å². The molecule has 0 amide bonds. The summed E-state index contributed by atoms with van der Waals surface area (Å²) in [5.74, 6) is 3.11. The SMILES string of the molecule is c1ccc(-c2nc(-c3cccc([Si](c4ccccc4)(c4ccccc4)c4ccccc4)c3)nc(N3c4ccccc4B4c5ccccc5N(c5nc(-c6ccccc6)nc(-c6cccc([Si](c7ccccc7)(c7ccccc7)c7ccccc7)c6)n5)c5cc(-n6c7ccccc7c7ccccc76)cc3c54)n2)cc1. The van der Waals surface area contributed by atoms with Gasteiger partial charge in [-0.05, 0) is 94.3 Å². The molecule has 108 heavy (non-hydrogen) atoms. The van der Waals surface area contributed by atoms with Gasteiger partial charge in [0.1, 0.15) is 0 Å². The average Bonchev–Trinajstić information content (AvgIpc) is 0.885. The molecule has 2 aliphatic heterocycles. The lowest BCUT2D eigenvalue weighted by Crippen LogP contribution is -2.74. The molecule has 3 aromatic heterocycles. The second kappa shape index (κ2) is 26.7. The van der Waals surface area contributed by atoms with E-state index in [4.69, 9.17) is 29.9 Å². The lowest BCUT2D eigenvalue weighted by atomic mass is 9.33. The summed E-state index contributed by atoms with van der Waals surface area (Å²) < 4.78 is 2.41. The largest absolute Gasteiger partial charge is 0.309 e. The van der Waals surface area contributed by atoms with Gasteiger partial charge in [-0.1, -0.05) is 364 Å². The number of para-hydroxylation sites is 4. The van der Waals surface area contributed by atoms with Crippen molar-refractivity contribution in [2.45, 2.75) is 0 Å². The molecule has 9 nitrogen and oxygen atoms in total. The van der Waals surface area contributed by atoms with Crippen LogP contribution in [0.15, 0.2) is 400 Å². The Hall–Kier alpha value is -13.8. The minimum atomic E-state index is -3.03. The monoisotopic (exact) mass is 1410 g/mol. The highest BCUT2D eigenvalue weighted by Crippen LogP contribution is 2.46. The number of hydrogen-bond donors (Lipinski definition) is 0. The van der Waals surface area contributed by atoms with E-state index in [-0.39, 0.29) is 6.71 Å². The highest BCUT2D eigenvalue weighted by atomic mass is 28.3. The Morgan fingerprint density at radius 1 is 0.222 bits per heavy atom. The van der Waals surface area contributed by atoms with Gasteiger partial charge in [-0.25, -0.2) is 9.97 Å². The maximum atomic E-state index is 5.85. The molecule has 0 saturated heterocycles. The first kappa shape index (κ1) is 63.9. The Balaban J connectivity index is 0.850. The summed E-state index contributed by atoms with van der Waals surface area (Å²) in [6, 6.07) is 145. The number of fused-ring (bicyclic) bond motifs is 7. The van der Waals surface area contributed by atoms with Crippen LogP contribution in [0, 0.1) is 0 Å². The molecule has 12 heteroatoms. The summed E-state index contributed by atoms with van der Waals surface area (Å²) in [7, 11) is -6.05. The summed E-state index contributed by atoms with van der Waals surface area (Å²) in [6.07, 6.45) is 0. The standard InChI is InChI=1S/C96H66BN9Si2/c1-9-35-67(36-10-1)91-98-93(69-39-33-53-78(63-69)107(72-41-13-3-14-42-72,73-43-15-4-16-44-73)74-45-17-5-18-46-74)102-95(100-91)105-86-61-31-27-57-82(86)97-83-58-28-32-62-87(83)106(89-66-71(65-88(105)90(89)97)104-84-59-29-25-55-80(84)81-56-26-30-60-85(81)104)96-101-92(68-37-11-2-12-38-68)99-94(103-96)70-40-34-54-79(64-70)108(75-47-19-6-20-48-75,76-49-21-7-22-50-76)77-51-23-8-24-52-77/h1-66H. The fraction of sp³-hybridized carbons (Fsp3) is 0. The van der Waals surface area contributed by atoms with E-state index in [0.29, 0.717) is 35.2 Å². The number of nitrogens with zero attached hydrogens (tertiary/aromatic N) is 9. The second-order valence-electron chi connectivity index (χ2n) is 27.6. The van der Waals surface area contributed by atoms with Crippen molar-refractivity contribution in [3.63, 3.8) is 0 Å². The zero-order valence-electron chi connectivity index (χ0n) is 58.7. The lowest BCUT2D eigenvalue weighted by Gasteiger charge is -2.43. The van der Waals surface area contributed by atoms with Crippen LogP contribution in [0.5, 0.6) is 0 Å². The molecular formula is C96H66BN9Si2. The summed E-state index contributed by atoms with van der Waals surface area (Å²) in [5.41, 5.74) is 13.5. The third kappa shape index (κ3) is 10.5. The Bertz CT molecular complexity index is 5820. The fourth-order valence-corrected chi connectivity index (χ4v) is 26.8. The van der Waals surface area contributed by atoms with Gasteiger partial charge in [-0.3, -0.25) is 9.80 Å². The van der Waals surface area contributed by atoms with Crippen LogP contribution in [-0.2, 0) is 0 Å². The Morgan fingerprint density at radius 2 is 0.500 bits per heavy atom. The first-order chi connectivity index (χ1) is 53.6. The van der Waals surface area contributed by atoms with Crippen molar-refractivity contribution in [2.24, 2.45) is 0 Å².